The van der Waals surface area contributed by atoms with Crippen molar-refractivity contribution in [3.8, 4) is 0 Å². The van der Waals surface area contributed by atoms with E-state index >= 15 is 0 Å². The number of aryl methyl sites for hydroxylation is 3. The molecule has 25 heavy (non-hydrogen) atoms. The zero-order valence-electron chi connectivity index (χ0n) is 13.9. The molecule has 2 aromatic rings. The molecule has 0 aliphatic rings. The topological polar surface area (TPSA) is 77.1 Å². The van der Waals surface area contributed by atoms with Gasteiger partial charge in [-0.1, -0.05) is 0 Å². The SMILES string of the molecule is Cc1nn(C)c(F)c1C=NNC(=O)C(C)n1nc(C(F)(F)F)cc1C. The number of carbonyl (C=O) groups is 1. The summed E-state index contributed by atoms with van der Waals surface area (Å²) in [5.41, 5.74) is 1.73. The summed E-state index contributed by atoms with van der Waals surface area (Å²) in [7, 11) is 1.42. The highest BCUT2D eigenvalue weighted by Gasteiger charge is 2.35. The van der Waals surface area contributed by atoms with Gasteiger partial charge in [-0.2, -0.15) is 32.9 Å². The number of halogens is 4. The van der Waals surface area contributed by atoms with Crippen LogP contribution in [-0.4, -0.2) is 31.7 Å². The van der Waals surface area contributed by atoms with Crippen LogP contribution in [0.5, 0.6) is 0 Å². The van der Waals surface area contributed by atoms with Gasteiger partial charge in [-0.3, -0.25) is 9.48 Å². The monoisotopic (exact) mass is 360 g/mol. The lowest BCUT2D eigenvalue weighted by Crippen LogP contribution is -2.29. The van der Waals surface area contributed by atoms with E-state index in [0.29, 0.717) is 5.69 Å². The molecule has 2 heterocycles. The van der Waals surface area contributed by atoms with Gasteiger partial charge in [0.05, 0.1) is 17.5 Å². The summed E-state index contributed by atoms with van der Waals surface area (Å²) in [5.74, 6) is -1.32. The summed E-state index contributed by atoms with van der Waals surface area (Å²) in [6.07, 6.45) is -3.51. The average Bonchev–Trinajstić information content (AvgIpc) is 3.01. The number of nitrogens with zero attached hydrogens (tertiary/aromatic N) is 5. The minimum absolute atomic E-state index is 0.102. The van der Waals surface area contributed by atoms with E-state index in [4.69, 9.17) is 0 Å². The Balaban J connectivity index is 2.11. The molecule has 0 aliphatic heterocycles. The van der Waals surface area contributed by atoms with Crippen molar-refractivity contribution in [1.82, 2.24) is 25.0 Å². The molecule has 0 bridgehead atoms. The van der Waals surface area contributed by atoms with Crippen LogP contribution in [0.1, 0.15) is 35.6 Å². The van der Waals surface area contributed by atoms with Crippen LogP contribution in [-0.2, 0) is 18.0 Å². The van der Waals surface area contributed by atoms with Crippen molar-refractivity contribution in [3.05, 3.63) is 34.7 Å². The molecule has 136 valence electrons. The fourth-order valence-electron chi connectivity index (χ4n) is 2.18. The van der Waals surface area contributed by atoms with E-state index in [0.717, 1.165) is 21.6 Å². The van der Waals surface area contributed by atoms with Crippen LogP contribution in [0.3, 0.4) is 0 Å². The summed E-state index contributed by atoms with van der Waals surface area (Å²) >= 11 is 0. The molecule has 0 saturated heterocycles. The number of rotatable bonds is 4. The Kier molecular flexibility index (Phi) is 4.95. The third-order valence-electron chi connectivity index (χ3n) is 3.52. The van der Waals surface area contributed by atoms with E-state index in [1.807, 2.05) is 0 Å². The fraction of sp³-hybridized carbons (Fsp3) is 0.429. The number of amides is 1. The van der Waals surface area contributed by atoms with E-state index < -0.39 is 29.8 Å². The van der Waals surface area contributed by atoms with Crippen molar-refractivity contribution in [2.24, 2.45) is 12.1 Å². The Bertz CT molecular complexity index is 820. The summed E-state index contributed by atoms with van der Waals surface area (Å²) in [6.45, 7) is 4.35. The maximum atomic E-state index is 13.7. The molecular weight excluding hydrogens is 344 g/mol. The van der Waals surface area contributed by atoms with Gasteiger partial charge >= 0.3 is 6.18 Å². The Hall–Kier alpha value is -2.72. The van der Waals surface area contributed by atoms with Crippen molar-refractivity contribution in [1.29, 1.82) is 0 Å². The summed E-state index contributed by atoms with van der Waals surface area (Å²) in [6, 6.07) is -0.186. The van der Waals surface area contributed by atoms with Gasteiger partial charge < -0.3 is 0 Å². The molecule has 11 heteroatoms. The second-order valence-corrected chi connectivity index (χ2v) is 5.44. The third-order valence-corrected chi connectivity index (χ3v) is 3.52. The summed E-state index contributed by atoms with van der Waals surface area (Å²) < 4.78 is 53.7. The van der Waals surface area contributed by atoms with Crippen molar-refractivity contribution >= 4 is 12.1 Å². The van der Waals surface area contributed by atoms with Gasteiger partial charge in [0.1, 0.15) is 6.04 Å². The number of alkyl halides is 3. The highest BCUT2D eigenvalue weighted by Crippen LogP contribution is 2.29. The molecule has 0 aromatic carbocycles. The molecule has 1 amide bonds. The number of aromatic nitrogens is 4. The second kappa shape index (κ2) is 6.65. The first-order valence-electron chi connectivity index (χ1n) is 7.17. The highest BCUT2D eigenvalue weighted by molar-refractivity contribution is 5.84. The van der Waals surface area contributed by atoms with E-state index in [1.165, 1.54) is 20.9 Å². The maximum absolute atomic E-state index is 13.7. The minimum Gasteiger partial charge on any atom is -0.271 e. The first-order chi connectivity index (χ1) is 11.5. The standard InChI is InChI=1S/C14H16F4N6O/c1-7-5-11(14(16,17)18)22-24(7)9(3)13(25)20-19-6-10-8(2)21-23(4)12(10)15/h5-6,9H,1-4H3,(H,20,25). The zero-order valence-corrected chi connectivity index (χ0v) is 13.9. The van der Waals surface area contributed by atoms with E-state index in [9.17, 15) is 22.4 Å². The largest absolute Gasteiger partial charge is 0.435 e. The third kappa shape index (κ3) is 3.86. The zero-order chi connectivity index (χ0) is 18.9. The first kappa shape index (κ1) is 18.6. The second-order valence-electron chi connectivity index (χ2n) is 5.44. The molecule has 2 aromatic heterocycles. The van der Waals surface area contributed by atoms with Crippen LogP contribution in [0.25, 0.3) is 0 Å². The van der Waals surface area contributed by atoms with Gasteiger partial charge in [0.15, 0.2) is 5.69 Å². The lowest BCUT2D eigenvalue weighted by molar-refractivity contribution is -0.142. The van der Waals surface area contributed by atoms with E-state index in [2.05, 4.69) is 20.7 Å². The molecule has 2 rings (SSSR count). The van der Waals surface area contributed by atoms with E-state index in [1.54, 1.807) is 6.92 Å². The molecule has 0 spiro atoms. The molecule has 1 atom stereocenters. The molecule has 0 saturated carbocycles. The van der Waals surface area contributed by atoms with Gasteiger partial charge in [-0.05, 0) is 26.8 Å². The number of carbonyl (C=O) groups excluding carboxylic acids is 1. The van der Waals surface area contributed by atoms with Crippen LogP contribution in [0.4, 0.5) is 17.6 Å². The van der Waals surface area contributed by atoms with Crippen molar-refractivity contribution in [2.45, 2.75) is 33.0 Å². The predicted molar refractivity (Wildman–Crippen MR) is 80.3 cm³/mol. The number of hydrogen-bond acceptors (Lipinski definition) is 4. The fourth-order valence-corrected chi connectivity index (χ4v) is 2.18. The van der Waals surface area contributed by atoms with Gasteiger partial charge in [0.2, 0.25) is 5.95 Å². The van der Waals surface area contributed by atoms with Crippen LogP contribution >= 0.6 is 0 Å². The predicted octanol–water partition coefficient (Wildman–Crippen LogP) is 2.10. The highest BCUT2D eigenvalue weighted by atomic mass is 19.4. The quantitative estimate of drug-likeness (QED) is 0.515. The Labute approximate surface area is 140 Å². The van der Waals surface area contributed by atoms with Crippen molar-refractivity contribution in [2.75, 3.05) is 0 Å². The molecule has 0 fully saturated rings. The Morgan fingerprint density at radius 3 is 2.48 bits per heavy atom. The maximum Gasteiger partial charge on any atom is 0.435 e. The first-order valence-corrected chi connectivity index (χ1v) is 7.17. The summed E-state index contributed by atoms with van der Waals surface area (Å²) in [4.78, 5) is 12.0. The van der Waals surface area contributed by atoms with Crippen molar-refractivity contribution in [3.63, 3.8) is 0 Å². The molecule has 7 nitrogen and oxygen atoms in total. The lowest BCUT2D eigenvalue weighted by Gasteiger charge is -2.12. The van der Waals surface area contributed by atoms with Gasteiger partial charge in [-0.15, -0.1) is 0 Å². The van der Waals surface area contributed by atoms with Crippen molar-refractivity contribution < 1.29 is 22.4 Å². The van der Waals surface area contributed by atoms with Gasteiger partial charge in [0.25, 0.3) is 5.91 Å². The minimum atomic E-state index is -4.60. The van der Waals surface area contributed by atoms with Gasteiger partial charge in [0, 0.05) is 12.7 Å². The normalized spacial score (nSPS) is 13.4. The number of nitrogens with one attached hydrogen (secondary N) is 1. The smallest absolute Gasteiger partial charge is 0.271 e. The average molecular weight is 360 g/mol. The Morgan fingerprint density at radius 2 is 2.00 bits per heavy atom. The number of hydrogen-bond donors (Lipinski definition) is 1. The van der Waals surface area contributed by atoms with Crippen LogP contribution in [0, 0.1) is 19.8 Å². The molecule has 1 N–H and O–H groups in total. The molecule has 1 unspecified atom stereocenters. The lowest BCUT2D eigenvalue weighted by atomic mass is 10.3. The Morgan fingerprint density at radius 1 is 1.36 bits per heavy atom. The molecular formula is C14H16F4N6O. The van der Waals surface area contributed by atoms with Crippen LogP contribution in [0.2, 0.25) is 0 Å². The van der Waals surface area contributed by atoms with Crippen LogP contribution < -0.4 is 5.43 Å². The van der Waals surface area contributed by atoms with E-state index in [-0.39, 0.29) is 11.3 Å². The number of hydrazone groups is 1. The molecule has 0 aliphatic carbocycles. The van der Waals surface area contributed by atoms with Crippen LogP contribution in [0.15, 0.2) is 11.2 Å². The van der Waals surface area contributed by atoms with Gasteiger partial charge in [-0.25, -0.2) is 10.1 Å². The summed E-state index contributed by atoms with van der Waals surface area (Å²) in [5, 5.41) is 10.9. The molecule has 0 radical (unpaired) electrons.